The van der Waals surface area contributed by atoms with Gasteiger partial charge in [-0.15, -0.1) is 0 Å². The first-order valence-electron chi connectivity index (χ1n) is 7.83. The molecule has 2 rings (SSSR count). The second kappa shape index (κ2) is 7.00. The maximum Gasteiger partial charge on any atom is 0.329 e. The van der Waals surface area contributed by atoms with Gasteiger partial charge in [0.05, 0.1) is 0 Å². The van der Waals surface area contributed by atoms with Crippen molar-refractivity contribution in [2.75, 3.05) is 27.2 Å². The summed E-state index contributed by atoms with van der Waals surface area (Å²) in [6, 6.07) is 7.70. The van der Waals surface area contributed by atoms with Crippen LogP contribution in [0.25, 0.3) is 0 Å². The van der Waals surface area contributed by atoms with Gasteiger partial charge in [0.15, 0.2) is 0 Å². The molecule has 0 aromatic heterocycles. The van der Waals surface area contributed by atoms with Crippen LogP contribution in [-0.2, 0) is 11.3 Å². The lowest BCUT2D eigenvalue weighted by atomic mass is 10.1. The van der Waals surface area contributed by atoms with Gasteiger partial charge in [-0.25, -0.2) is 9.59 Å². The number of urea groups is 1. The molecular formula is C17H25N3O3. The van der Waals surface area contributed by atoms with Crippen LogP contribution in [0.1, 0.15) is 24.0 Å². The summed E-state index contributed by atoms with van der Waals surface area (Å²) in [5.74, 6) is -0.950. The van der Waals surface area contributed by atoms with Crippen molar-refractivity contribution in [2.24, 2.45) is 0 Å². The first-order valence-corrected chi connectivity index (χ1v) is 7.83. The molecule has 1 aliphatic rings. The molecule has 0 bridgehead atoms. The first kappa shape index (κ1) is 17.3. The number of carboxylic acids is 1. The fourth-order valence-electron chi connectivity index (χ4n) is 2.29. The summed E-state index contributed by atoms with van der Waals surface area (Å²) < 4.78 is 0. The highest BCUT2D eigenvalue weighted by Gasteiger charge is 2.52. The SMILES string of the molecule is Cc1ccc(CN(CCN(C)C)C(=O)NC2(C(=O)O)CC2)cc1. The molecule has 0 spiro atoms. The number of carbonyl (C=O) groups is 2. The molecule has 0 unspecified atom stereocenters. The van der Waals surface area contributed by atoms with E-state index in [9.17, 15) is 14.7 Å². The normalized spacial score (nSPS) is 15.3. The van der Waals surface area contributed by atoms with Gasteiger partial charge in [0.25, 0.3) is 0 Å². The lowest BCUT2D eigenvalue weighted by Crippen LogP contribution is -2.50. The summed E-state index contributed by atoms with van der Waals surface area (Å²) in [4.78, 5) is 27.5. The Morgan fingerprint density at radius 1 is 1.17 bits per heavy atom. The number of likely N-dealkylation sites (N-methyl/N-ethyl adjacent to an activating group) is 1. The molecule has 2 N–H and O–H groups in total. The van der Waals surface area contributed by atoms with Crippen molar-refractivity contribution in [3.05, 3.63) is 35.4 Å². The Balaban J connectivity index is 2.05. The van der Waals surface area contributed by atoms with Crippen molar-refractivity contribution in [3.63, 3.8) is 0 Å². The number of hydrogen-bond acceptors (Lipinski definition) is 3. The molecule has 0 atom stereocenters. The summed E-state index contributed by atoms with van der Waals surface area (Å²) >= 11 is 0. The van der Waals surface area contributed by atoms with E-state index < -0.39 is 11.5 Å². The molecule has 0 aliphatic heterocycles. The number of carbonyl (C=O) groups excluding carboxylic acids is 1. The smallest absolute Gasteiger partial charge is 0.329 e. The quantitative estimate of drug-likeness (QED) is 0.802. The van der Waals surface area contributed by atoms with Crippen LogP contribution in [-0.4, -0.2) is 59.6 Å². The van der Waals surface area contributed by atoms with E-state index in [1.165, 1.54) is 5.56 Å². The third-order valence-electron chi connectivity index (χ3n) is 4.10. The van der Waals surface area contributed by atoms with Crippen molar-refractivity contribution >= 4 is 12.0 Å². The molecule has 6 nitrogen and oxygen atoms in total. The monoisotopic (exact) mass is 319 g/mol. The largest absolute Gasteiger partial charge is 0.480 e. The number of benzene rings is 1. The van der Waals surface area contributed by atoms with E-state index in [0.717, 1.165) is 12.1 Å². The summed E-state index contributed by atoms with van der Waals surface area (Å²) in [5, 5.41) is 11.9. The van der Waals surface area contributed by atoms with Gasteiger partial charge in [-0.2, -0.15) is 0 Å². The van der Waals surface area contributed by atoms with Gasteiger partial charge in [-0.3, -0.25) is 0 Å². The summed E-state index contributed by atoms with van der Waals surface area (Å²) in [6.07, 6.45) is 1.00. The summed E-state index contributed by atoms with van der Waals surface area (Å²) in [5.41, 5.74) is 1.14. The van der Waals surface area contributed by atoms with E-state index in [2.05, 4.69) is 5.32 Å². The molecule has 23 heavy (non-hydrogen) atoms. The molecule has 1 aromatic rings. The lowest BCUT2D eigenvalue weighted by molar-refractivity contribution is -0.140. The minimum atomic E-state index is -1.05. The van der Waals surface area contributed by atoms with Gasteiger partial charge in [-0.05, 0) is 39.4 Å². The molecule has 6 heteroatoms. The molecule has 126 valence electrons. The highest BCUT2D eigenvalue weighted by Crippen LogP contribution is 2.35. The number of aliphatic carboxylic acids is 1. The Hall–Kier alpha value is -2.08. The minimum absolute atomic E-state index is 0.313. The van der Waals surface area contributed by atoms with Crippen molar-refractivity contribution in [3.8, 4) is 0 Å². The van der Waals surface area contributed by atoms with Crippen molar-refractivity contribution in [1.29, 1.82) is 0 Å². The Morgan fingerprint density at radius 2 is 1.78 bits per heavy atom. The molecule has 1 aromatic carbocycles. The number of nitrogens with one attached hydrogen (secondary N) is 1. The highest BCUT2D eigenvalue weighted by atomic mass is 16.4. The Kier molecular flexibility index (Phi) is 5.26. The average Bonchev–Trinajstić information content (AvgIpc) is 3.26. The average molecular weight is 319 g/mol. The van der Waals surface area contributed by atoms with E-state index >= 15 is 0 Å². The predicted molar refractivity (Wildman–Crippen MR) is 88.3 cm³/mol. The van der Waals surface area contributed by atoms with Crippen LogP contribution in [0.2, 0.25) is 0 Å². The van der Waals surface area contributed by atoms with Gasteiger partial charge in [0.1, 0.15) is 5.54 Å². The fourth-order valence-corrected chi connectivity index (χ4v) is 2.29. The standard InChI is InChI=1S/C17H25N3O3/c1-13-4-6-14(7-5-13)12-20(11-10-19(2)3)16(23)18-17(8-9-17)15(21)22/h4-7H,8-12H2,1-3H3,(H,18,23)(H,21,22). The van der Waals surface area contributed by atoms with E-state index in [1.54, 1.807) is 4.90 Å². The minimum Gasteiger partial charge on any atom is -0.480 e. The van der Waals surface area contributed by atoms with E-state index in [1.807, 2.05) is 50.2 Å². The van der Waals surface area contributed by atoms with Crippen molar-refractivity contribution in [1.82, 2.24) is 15.1 Å². The van der Waals surface area contributed by atoms with Gasteiger partial charge in [0, 0.05) is 19.6 Å². The maximum atomic E-state index is 12.5. The number of aryl methyl sites for hydroxylation is 1. The van der Waals surface area contributed by atoms with Crippen molar-refractivity contribution < 1.29 is 14.7 Å². The summed E-state index contributed by atoms with van der Waals surface area (Å²) in [6.45, 7) is 3.75. The van der Waals surface area contributed by atoms with Crippen LogP contribution < -0.4 is 5.32 Å². The van der Waals surface area contributed by atoms with Gasteiger partial charge < -0.3 is 20.2 Å². The van der Waals surface area contributed by atoms with Crippen LogP contribution in [0.4, 0.5) is 4.79 Å². The molecule has 0 heterocycles. The number of carboxylic acid groups (broad SMARTS) is 1. The third-order valence-corrected chi connectivity index (χ3v) is 4.10. The topological polar surface area (TPSA) is 72.9 Å². The van der Waals surface area contributed by atoms with Gasteiger partial charge in [-0.1, -0.05) is 29.8 Å². The van der Waals surface area contributed by atoms with Crippen molar-refractivity contribution in [2.45, 2.75) is 31.8 Å². The Labute approximate surface area is 137 Å². The molecule has 2 amide bonds. The Bertz CT molecular complexity index is 565. The number of hydrogen-bond donors (Lipinski definition) is 2. The second-order valence-corrected chi connectivity index (χ2v) is 6.53. The zero-order valence-corrected chi connectivity index (χ0v) is 14.0. The van der Waals surface area contributed by atoms with E-state index in [4.69, 9.17) is 0 Å². The Morgan fingerprint density at radius 3 is 2.26 bits per heavy atom. The lowest BCUT2D eigenvalue weighted by Gasteiger charge is -2.26. The van der Waals surface area contributed by atoms with Crippen LogP contribution in [0.15, 0.2) is 24.3 Å². The fraction of sp³-hybridized carbons (Fsp3) is 0.529. The van der Waals surface area contributed by atoms with Crippen LogP contribution in [0.3, 0.4) is 0 Å². The maximum absolute atomic E-state index is 12.5. The van der Waals surface area contributed by atoms with Gasteiger partial charge >= 0.3 is 12.0 Å². The van der Waals surface area contributed by atoms with Crippen LogP contribution in [0, 0.1) is 6.92 Å². The number of amides is 2. The zero-order valence-electron chi connectivity index (χ0n) is 14.0. The van der Waals surface area contributed by atoms with Crippen LogP contribution in [0.5, 0.6) is 0 Å². The predicted octanol–water partition coefficient (Wildman–Crippen LogP) is 1.69. The molecule has 0 radical (unpaired) electrons. The van der Waals surface area contributed by atoms with E-state index in [0.29, 0.717) is 25.9 Å². The van der Waals surface area contributed by atoms with Gasteiger partial charge in [0.2, 0.25) is 0 Å². The first-order chi connectivity index (χ1) is 10.8. The number of nitrogens with zero attached hydrogens (tertiary/aromatic N) is 2. The highest BCUT2D eigenvalue weighted by molar-refractivity contribution is 5.88. The molecule has 1 fully saturated rings. The summed E-state index contributed by atoms with van der Waals surface area (Å²) in [7, 11) is 3.89. The third kappa shape index (κ3) is 4.69. The molecule has 0 saturated heterocycles. The second-order valence-electron chi connectivity index (χ2n) is 6.53. The van der Waals surface area contributed by atoms with E-state index in [-0.39, 0.29) is 6.03 Å². The van der Waals surface area contributed by atoms with Crippen LogP contribution >= 0.6 is 0 Å². The number of rotatable bonds is 7. The molecule has 1 aliphatic carbocycles. The zero-order chi connectivity index (χ0) is 17.0. The molecular weight excluding hydrogens is 294 g/mol. The molecule has 1 saturated carbocycles.